The van der Waals surface area contributed by atoms with E-state index in [0.29, 0.717) is 30.6 Å². The van der Waals surface area contributed by atoms with Gasteiger partial charge in [-0.05, 0) is 51.3 Å². The van der Waals surface area contributed by atoms with Crippen molar-refractivity contribution in [2.45, 2.75) is 24.0 Å². The lowest BCUT2D eigenvalue weighted by molar-refractivity contribution is 0.107. The van der Waals surface area contributed by atoms with Crippen LogP contribution in [0.25, 0.3) is 0 Å². The first-order chi connectivity index (χ1) is 14.0. The van der Waals surface area contributed by atoms with Crippen molar-refractivity contribution in [3.8, 4) is 5.75 Å². The summed E-state index contributed by atoms with van der Waals surface area (Å²) in [5.41, 5.74) is 2.95. The smallest absolute Gasteiger partial charge is 0.253 e. The third kappa shape index (κ3) is 4.90. The van der Waals surface area contributed by atoms with Gasteiger partial charge in [0, 0.05) is 18.7 Å². The van der Waals surface area contributed by atoms with Crippen LogP contribution in [0.2, 0.25) is 0 Å². The Bertz CT molecular complexity index is 1080. The Labute approximate surface area is 183 Å². The SMILES string of the molecule is O=S(=O)(c1ccc(Br)s1)N1CCOc2ccc(COCc3ccccc3)cc2C1. The summed E-state index contributed by atoms with van der Waals surface area (Å²) in [6, 6.07) is 19.2. The highest BCUT2D eigenvalue weighted by Crippen LogP contribution is 2.32. The highest BCUT2D eigenvalue weighted by atomic mass is 79.9. The van der Waals surface area contributed by atoms with Crippen LogP contribution in [0.4, 0.5) is 0 Å². The van der Waals surface area contributed by atoms with Crippen molar-refractivity contribution in [1.82, 2.24) is 4.31 Å². The number of rotatable bonds is 6. The number of sulfonamides is 1. The van der Waals surface area contributed by atoms with Gasteiger partial charge in [-0.25, -0.2) is 8.42 Å². The number of benzene rings is 2. The summed E-state index contributed by atoms with van der Waals surface area (Å²) in [4.78, 5) is 0. The van der Waals surface area contributed by atoms with Crippen molar-refractivity contribution < 1.29 is 17.9 Å². The third-order valence-electron chi connectivity index (χ3n) is 4.59. The van der Waals surface area contributed by atoms with Crippen LogP contribution >= 0.6 is 27.3 Å². The van der Waals surface area contributed by atoms with E-state index in [0.717, 1.165) is 26.2 Å². The summed E-state index contributed by atoms with van der Waals surface area (Å²) in [5, 5.41) is 0. The third-order valence-corrected chi connectivity index (χ3v) is 8.53. The maximum Gasteiger partial charge on any atom is 0.253 e. The van der Waals surface area contributed by atoms with Crippen LogP contribution in [0.1, 0.15) is 16.7 Å². The predicted octanol–water partition coefficient (Wildman–Crippen LogP) is 4.81. The number of halogens is 1. The quantitative estimate of drug-likeness (QED) is 0.494. The molecule has 4 rings (SSSR count). The van der Waals surface area contributed by atoms with Gasteiger partial charge in [0.25, 0.3) is 10.0 Å². The standard InChI is InChI=1S/C21H20BrNO4S2/c22-20-8-9-21(28-20)29(24,25)23-10-11-27-19-7-6-17(12-18(19)13-23)15-26-14-16-4-2-1-3-5-16/h1-9,12H,10-11,13-15H2. The Balaban J connectivity index is 1.48. The molecule has 0 amide bonds. The fraction of sp³-hybridized carbons (Fsp3) is 0.238. The lowest BCUT2D eigenvalue weighted by Crippen LogP contribution is -2.32. The first kappa shape index (κ1) is 20.6. The maximum atomic E-state index is 13.0. The zero-order valence-corrected chi connectivity index (χ0v) is 18.8. The van der Waals surface area contributed by atoms with Gasteiger partial charge in [-0.3, -0.25) is 0 Å². The van der Waals surface area contributed by atoms with E-state index < -0.39 is 10.0 Å². The number of nitrogens with zero attached hydrogens (tertiary/aromatic N) is 1. The monoisotopic (exact) mass is 493 g/mol. The topological polar surface area (TPSA) is 55.8 Å². The normalized spacial score (nSPS) is 14.8. The molecular formula is C21H20BrNO4S2. The molecule has 2 aromatic carbocycles. The highest BCUT2D eigenvalue weighted by Gasteiger charge is 2.29. The Hall–Kier alpha value is -1.71. The van der Waals surface area contributed by atoms with Crippen LogP contribution < -0.4 is 4.74 Å². The van der Waals surface area contributed by atoms with E-state index in [9.17, 15) is 8.42 Å². The molecule has 0 saturated carbocycles. The molecule has 0 spiro atoms. The Morgan fingerprint density at radius 3 is 2.59 bits per heavy atom. The molecule has 0 aliphatic carbocycles. The summed E-state index contributed by atoms with van der Waals surface area (Å²) >= 11 is 4.55. The number of ether oxygens (including phenoxy) is 2. The van der Waals surface area contributed by atoms with Gasteiger partial charge in [0.2, 0.25) is 0 Å². The molecule has 1 aromatic heterocycles. The second-order valence-electron chi connectivity index (χ2n) is 6.67. The van der Waals surface area contributed by atoms with Gasteiger partial charge < -0.3 is 9.47 Å². The minimum absolute atomic E-state index is 0.277. The Kier molecular flexibility index (Phi) is 6.36. The molecule has 0 radical (unpaired) electrons. The van der Waals surface area contributed by atoms with E-state index >= 15 is 0 Å². The molecule has 0 atom stereocenters. The van der Waals surface area contributed by atoms with E-state index in [1.165, 1.54) is 15.6 Å². The lowest BCUT2D eigenvalue weighted by Gasteiger charge is -2.18. The van der Waals surface area contributed by atoms with Crippen LogP contribution in [0, 0.1) is 0 Å². The van der Waals surface area contributed by atoms with Gasteiger partial charge in [-0.1, -0.05) is 36.4 Å². The van der Waals surface area contributed by atoms with E-state index in [4.69, 9.17) is 9.47 Å². The molecule has 1 aliphatic rings. The molecule has 0 bridgehead atoms. The molecule has 0 unspecified atom stereocenters. The number of hydrogen-bond donors (Lipinski definition) is 0. The number of thiophene rings is 1. The summed E-state index contributed by atoms with van der Waals surface area (Å²) < 4.78 is 40.2. The van der Waals surface area contributed by atoms with Gasteiger partial charge in [0.1, 0.15) is 16.6 Å². The molecule has 2 heterocycles. The molecule has 29 heavy (non-hydrogen) atoms. The zero-order chi connectivity index (χ0) is 20.3. The van der Waals surface area contributed by atoms with Crippen molar-refractivity contribution in [1.29, 1.82) is 0 Å². The fourth-order valence-corrected chi connectivity index (χ4v) is 6.71. The van der Waals surface area contributed by atoms with Gasteiger partial charge in [-0.2, -0.15) is 4.31 Å². The molecular weight excluding hydrogens is 474 g/mol. The molecule has 1 aliphatic heterocycles. The van der Waals surface area contributed by atoms with Crippen LogP contribution in [0.15, 0.2) is 68.7 Å². The maximum absolute atomic E-state index is 13.0. The van der Waals surface area contributed by atoms with Crippen molar-refractivity contribution >= 4 is 37.3 Å². The summed E-state index contributed by atoms with van der Waals surface area (Å²) in [6.07, 6.45) is 0. The first-order valence-corrected chi connectivity index (χ1v) is 12.2. The van der Waals surface area contributed by atoms with Crippen molar-refractivity contribution in [2.24, 2.45) is 0 Å². The van der Waals surface area contributed by atoms with Crippen LogP contribution in [0.3, 0.4) is 0 Å². The number of fused-ring (bicyclic) bond motifs is 1. The van der Waals surface area contributed by atoms with Crippen LogP contribution in [0.5, 0.6) is 5.75 Å². The van der Waals surface area contributed by atoms with Crippen LogP contribution in [-0.2, 0) is 34.5 Å². The van der Waals surface area contributed by atoms with E-state index in [1.807, 2.05) is 48.5 Å². The minimum atomic E-state index is -3.56. The van der Waals surface area contributed by atoms with Gasteiger partial charge in [-0.15, -0.1) is 11.3 Å². The largest absolute Gasteiger partial charge is 0.492 e. The Morgan fingerprint density at radius 2 is 1.83 bits per heavy atom. The average molecular weight is 494 g/mol. The molecule has 0 fully saturated rings. The second kappa shape index (κ2) is 8.97. The summed E-state index contributed by atoms with van der Waals surface area (Å²) in [7, 11) is -3.56. The predicted molar refractivity (Wildman–Crippen MR) is 116 cm³/mol. The van der Waals surface area contributed by atoms with Gasteiger partial charge >= 0.3 is 0 Å². The van der Waals surface area contributed by atoms with E-state index in [1.54, 1.807) is 12.1 Å². The summed E-state index contributed by atoms with van der Waals surface area (Å²) in [6.45, 7) is 1.89. The molecule has 8 heteroatoms. The van der Waals surface area contributed by atoms with Crippen molar-refractivity contribution in [2.75, 3.05) is 13.2 Å². The average Bonchev–Trinajstić information content (AvgIpc) is 3.05. The van der Waals surface area contributed by atoms with Gasteiger partial charge in [0.15, 0.2) is 0 Å². The van der Waals surface area contributed by atoms with Gasteiger partial charge in [0.05, 0.1) is 17.0 Å². The first-order valence-electron chi connectivity index (χ1n) is 9.14. The molecule has 152 valence electrons. The van der Waals surface area contributed by atoms with E-state index in [2.05, 4.69) is 15.9 Å². The lowest BCUT2D eigenvalue weighted by atomic mass is 10.1. The minimum Gasteiger partial charge on any atom is -0.492 e. The Morgan fingerprint density at radius 1 is 1.03 bits per heavy atom. The van der Waals surface area contributed by atoms with Crippen molar-refractivity contribution in [3.63, 3.8) is 0 Å². The fourth-order valence-electron chi connectivity index (χ4n) is 3.14. The molecule has 3 aromatic rings. The zero-order valence-electron chi connectivity index (χ0n) is 15.6. The molecule has 0 saturated heterocycles. The summed E-state index contributed by atoms with van der Waals surface area (Å²) in [5.74, 6) is 0.724. The van der Waals surface area contributed by atoms with Crippen LogP contribution in [-0.4, -0.2) is 25.9 Å². The van der Waals surface area contributed by atoms with Crippen molar-refractivity contribution in [3.05, 3.63) is 81.1 Å². The molecule has 0 N–H and O–H groups in total. The number of hydrogen-bond acceptors (Lipinski definition) is 5. The van der Waals surface area contributed by atoms with E-state index in [-0.39, 0.29) is 6.54 Å². The highest BCUT2D eigenvalue weighted by molar-refractivity contribution is 9.11. The second-order valence-corrected chi connectivity index (χ2v) is 11.3. The molecule has 5 nitrogen and oxygen atoms in total.